The number of nitrogens with one attached hydrogen (secondary N) is 1. The van der Waals surface area contributed by atoms with E-state index < -0.39 is 10.0 Å². The van der Waals surface area contributed by atoms with Gasteiger partial charge in [-0.1, -0.05) is 35.8 Å². The van der Waals surface area contributed by atoms with Gasteiger partial charge in [-0.2, -0.15) is 0 Å². The van der Waals surface area contributed by atoms with E-state index in [1.165, 1.54) is 12.8 Å². The van der Waals surface area contributed by atoms with E-state index in [1.807, 2.05) is 6.92 Å². The molecular formula is C10H15ClN2O2S2. The number of halogens is 1. The number of nitrogens with zero attached hydrogens (tertiary/aromatic N) is 1. The normalized spacial score (nSPS) is 18.3. The molecule has 96 valence electrons. The minimum atomic E-state index is -3.47. The summed E-state index contributed by atoms with van der Waals surface area (Å²) in [6.45, 7) is 3.55. The zero-order valence-electron chi connectivity index (χ0n) is 9.73. The first kappa shape index (κ1) is 13.3. The lowest BCUT2D eigenvalue weighted by Gasteiger charge is -2.12. The van der Waals surface area contributed by atoms with Crippen LogP contribution in [0.5, 0.6) is 0 Å². The van der Waals surface area contributed by atoms with Crippen LogP contribution in [0.2, 0.25) is 4.47 Å². The fraction of sp³-hybridized carbons (Fsp3) is 0.700. The third kappa shape index (κ3) is 3.40. The Kier molecular flexibility index (Phi) is 3.77. The first-order valence-electron chi connectivity index (χ1n) is 5.54. The number of thiazole rings is 1. The van der Waals surface area contributed by atoms with E-state index in [4.69, 9.17) is 11.6 Å². The fourth-order valence-corrected chi connectivity index (χ4v) is 4.83. The predicted molar refractivity (Wildman–Crippen MR) is 69.0 cm³/mol. The molecule has 1 N–H and O–H groups in total. The lowest BCUT2D eigenvalue weighted by atomic mass is 10.2. The number of hydrogen-bond donors (Lipinski definition) is 1. The molecule has 2 rings (SSSR count). The highest BCUT2D eigenvalue weighted by Crippen LogP contribution is 2.34. The van der Waals surface area contributed by atoms with Gasteiger partial charge in [-0.15, -0.1) is 0 Å². The maximum absolute atomic E-state index is 12.1. The minimum Gasteiger partial charge on any atom is -0.229 e. The molecule has 1 fully saturated rings. The van der Waals surface area contributed by atoms with Crippen LogP contribution in [0, 0.1) is 12.8 Å². The third-order valence-corrected chi connectivity index (χ3v) is 6.17. The maximum Gasteiger partial charge on any atom is 0.252 e. The Morgan fingerprint density at radius 1 is 1.59 bits per heavy atom. The monoisotopic (exact) mass is 294 g/mol. The fourth-order valence-electron chi connectivity index (χ4n) is 1.82. The molecule has 1 aromatic rings. The molecule has 0 bridgehead atoms. The van der Waals surface area contributed by atoms with Crippen molar-refractivity contribution in [3.8, 4) is 0 Å². The molecule has 17 heavy (non-hydrogen) atoms. The maximum atomic E-state index is 12.1. The van der Waals surface area contributed by atoms with Crippen LogP contribution in [-0.2, 0) is 10.0 Å². The SMILES string of the molecule is Cc1nc(Cl)sc1S(=O)(=O)NC(C)CC1CC1. The summed E-state index contributed by atoms with van der Waals surface area (Å²) in [6, 6.07) is -0.0345. The summed E-state index contributed by atoms with van der Waals surface area (Å²) in [7, 11) is -3.47. The molecule has 0 radical (unpaired) electrons. The minimum absolute atomic E-state index is 0.0345. The van der Waals surface area contributed by atoms with E-state index in [1.54, 1.807) is 6.92 Å². The average molecular weight is 295 g/mol. The summed E-state index contributed by atoms with van der Waals surface area (Å²) in [5.74, 6) is 0.693. The molecule has 7 heteroatoms. The van der Waals surface area contributed by atoms with Gasteiger partial charge >= 0.3 is 0 Å². The predicted octanol–water partition coefficient (Wildman–Crippen LogP) is 2.57. The molecule has 0 amide bonds. The highest BCUT2D eigenvalue weighted by Gasteiger charge is 2.28. The van der Waals surface area contributed by atoms with Crippen molar-refractivity contribution in [2.45, 2.75) is 43.4 Å². The van der Waals surface area contributed by atoms with Crippen molar-refractivity contribution in [2.24, 2.45) is 5.92 Å². The molecule has 1 aromatic heterocycles. The molecule has 1 saturated carbocycles. The van der Waals surface area contributed by atoms with Crippen LogP contribution < -0.4 is 4.72 Å². The topological polar surface area (TPSA) is 59.1 Å². The van der Waals surface area contributed by atoms with Crippen LogP contribution in [0.4, 0.5) is 0 Å². The van der Waals surface area contributed by atoms with Gasteiger partial charge in [-0.25, -0.2) is 18.1 Å². The molecule has 4 nitrogen and oxygen atoms in total. The van der Waals surface area contributed by atoms with Crippen molar-refractivity contribution in [1.29, 1.82) is 0 Å². The summed E-state index contributed by atoms with van der Waals surface area (Å²) in [6.07, 6.45) is 3.35. The molecule has 1 aliphatic carbocycles. The molecule has 1 unspecified atom stereocenters. The van der Waals surface area contributed by atoms with Crippen molar-refractivity contribution in [1.82, 2.24) is 9.71 Å². The van der Waals surface area contributed by atoms with Crippen molar-refractivity contribution in [2.75, 3.05) is 0 Å². The summed E-state index contributed by atoms with van der Waals surface area (Å²) < 4.78 is 27.3. The van der Waals surface area contributed by atoms with Crippen molar-refractivity contribution < 1.29 is 8.42 Å². The standard InChI is InChI=1S/C10H15ClN2O2S2/c1-6(5-8-3-4-8)13-17(14,15)9-7(2)12-10(11)16-9/h6,8,13H,3-5H2,1-2H3. The molecule has 0 spiro atoms. The molecule has 1 aliphatic rings. The van der Waals surface area contributed by atoms with Crippen molar-refractivity contribution in [3.05, 3.63) is 10.2 Å². The van der Waals surface area contributed by atoms with Gasteiger partial charge < -0.3 is 0 Å². The van der Waals surface area contributed by atoms with Gasteiger partial charge in [0.2, 0.25) is 0 Å². The van der Waals surface area contributed by atoms with E-state index in [0.29, 0.717) is 11.6 Å². The van der Waals surface area contributed by atoms with E-state index in [9.17, 15) is 8.42 Å². The molecule has 1 atom stereocenters. The Labute approximate surface area is 110 Å². The average Bonchev–Trinajstić information content (AvgIpc) is 2.89. The highest BCUT2D eigenvalue weighted by molar-refractivity contribution is 7.91. The van der Waals surface area contributed by atoms with Gasteiger partial charge in [0, 0.05) is 6.04 Å². The second-order valence-electron chi connectivity index (χ2n) is 4.54. The van der Waals surface area contributed by atoms with Crippen LogP contribution in [0.15, 0.2) is 4.21 Å². The number of aromatic nitrogens is 1. The molecule has 0 saturated heterocycles. The van der Waals surface area contributed by atoms with Crippen LogP contribution in [-0.4, -0.2) is 19.4 Å². The van der Waals surface area contributed by atoms with Gasteiger partial charge in [0.1, 0.15) is 0 Å². The molecule has 0 aromatic carbocycles. The second-order valence-corrected chi connectivity index (χ2v) is 8.03. The summed E-state index contributed by atoms with van der Waals surface area (Å²) in [5, 5.41) is 0. The Morgan fingerprint density at radius 2 is 2.24 bits per heavy atom. The first-order chi connectivity index (χ1) is 7.88. The summed E-state index contributed by atoms with van der Waals surface area (Å²) in [5.41, 5.74) is 0.464. The second kappa shape index (κ2) is 4.84. The molecule has 0 aliphatic heterocycles. The smallest absolute Gasteiger partial charge is 0.229 e. The van der Waals surface area contributed by atoms with Gasteiger partial charge in [0.15, 0.2) is 8.68 Å². The zero-order chi connectivity index (χ0) is 12.6. The quantitative estimate of drug-likeness (QED) is 0.908. The van der Waals surface area contributed by atoms with Crippen LogP contribution >= 0.6 is 22.9 Å². The molecule has 1 heterocycles. The van der Waals surface area contributed by atoms with Crippen molar-refractivity contribution in [3.63, 3.8) is 0 Å². The summed E-state index contributed by atoms with van der Waals surface area (Å²) in [4.78, 5) is 3.92. The van der Waals surface area contributed by atoms with Crippen molar-refractivity contribution >= 4 is 33.0 Å². The van der Waals surface area contributed by atoms with E-state index >= 15 is 0 Å². The van der Waals surface area contributed by atoms with Gasteiger partial charge in [0.05, 0.1) is 5.69 Å². The number of hydrogen-bond acceptors (Lipinski definition) is 4. The molecular weight excluding hydrogens is 280 g/mol. The zero-order valence-corrected chi connectivity index (χ0v) is 12.1. The summed E-state index contributed by atoms with van der Waals surface area (Å²) >= 11 is 6.72. The number of sulfonamides is 1. The highest BCUT2D eigenvalue weighted by atomic mass is 35.5. The number of rotatable bonds is 5. The Bertz CT molecular complexity index is 508. The van der Waals surface area contributed by atoms with E-state index in [0.717, 1.165) is 17.8 Å². The van der Waals surface area contributed by atoms with Gasteiger partial charge in [0.25, 0.3) is 10.0 Å². The Balaban J connectivity index is 2.09. The van der Waals surface area contributed by atoms with Crippen LogP contribution in [0.25, 0.3) is 0 Å². The van der Waals surface area contributed by atoms with Gasteiger partial charge in [-0.3, -0.25) is 0 Å². The lowest BCUT2D eigenvalue weighted by Crippen LogP contribution is -2.32. The van der Waals surface area contributed by atoms with Crippen LogP contribution in [0.3, 0.4) is 0 Å². The largest absolute Gasteiger partial charge is 0.252 e. The lowest BCUT2D eigenvalue weighted by molar-refractivity contribution is 0.531. The van der Waals surface area contributed by atoms with Crippen LogP contribution in [0.1, 0.15) is 31.9 Å². The Hall–Kier alpha value is -0.170. The van der Waals surface area contributed by atoms with Gasteiger partial charge in [-0.05, 0) is 26.2 Å². The van der Waals surface area contributed by atoms with E-state index in [-0.39, 0.29) is 14.7 Å². The first-order valence-corrected chi connectivity index (χ1v) is 8.21. The Morgan fingerprint density at radius 3 is 2.71 bits per heavy atom. The number of aryl methyl sites for hydroxylation is 1. The van der Waals surface area contributed by atoms with E-state index in [2.05, 4.69) is 9.71 Å². The third-order valence-electron chi connectivity index (χ3n) is 2.71.